The van der Waals surface area contributed by atoms with Gasteiger partial charge in [0.2, 0.25) is 0 Å². The normalized spacial score (nSPS) is 20.1. The predicted molar refractivity (Wildman–Crippen MR) is 94.7 cm³/mol. The Kier molecular flexibility index (Phi) is 4.63. The maximum atomic E-state index is 13.3. The molecule has 0 radical (unpaired) electrons. The van der Waals surface area contributed by atoms with Crippen LogP contribution in [0, 0.1) is 0 Å². The Morgan fingerprint density at radius 3 is 2.50 bits per heavy atom. The molecule has 5 nitrogen and oxygen atoms in total. The number of fused-ring (bicyclic) bond motifs is 2. The molecular formula is C19H28N3O2+. The van der Waals surface area contributed by atoms with Crippen molar-refractivity contribution in [1.29, 1.82) is 0 Å². The van der Waals surface area contributed by atoms with Crippen LogP contribution in [0.2, 0.25) is 0 Å². The van der Waals surface area contributed by atoms with Gasteiger partial charge >= 0.3 is 0 Å². The van der Waals surface area contributed by atoms with E-state index in [1.165, 1.54) is 0 Å². The van der Waals surface area contributed by atoms with Gasteiger partial charge in [-0.25, -0.2) is 0 Å². The SMILES string of the molecule is CC[N+](CC)(CC)CC(=O)N1c2ccccc2C(=O)N2CCCC21. The number of carbonyl (C=O) groups is 2. The van der Waals surface area contributed by atoms with Gasteiger partial charge in [-0.2, -0.15) is 0 Å². The van der Waals surface area contributed by atoms with Crippen molar-refractivity contribution in [3.8, 4) is 0 Å². The van der Waals surface area contributed by atoms with Gasteiger partial charge < -0.3 is 9.38 Å². The Morgan fingerprint density at radius 2 is 1.83 bits per heavy atom. The molecule has 1 fully saturated rings. The van der Waals surface area contributed by atoms with Gasteiger partial charge in [-0.1, -0.05) is 12.1 Å². The minimum Gasteiger partial charge on any atom is -0.318 e. The number of benzene rings is 1. The van der Waals surface area contributed by atoms with E-state index in [0.717, 1.165) is 49.2 Å². The molecule has 2 aliphatic heterocycles. The van der Waals surface area contributed by atoms with E-state index in [9.17, 15) is 9.59 Å². The van der Waals surface area contributed by atoms with Crippen LogP contribution in [0.3, 0.4) is 0 Å². The molecule has 2 aliphatic rings. The molecule has 130 valence electrons. The molecule has 3 rings (SSSR count). The molecule has 1 unspecified atom stereocenters. The number of quaternary nitrogens is 1. The van der Waals surface area contributed by atoms with Crippen molar-refractivity contribution in [3.05, 3.63) is 29.8 Å². The molecule has 0 bridgehead atoms. The number of hydrogen-bond acceptors (Lipinski definition) is 2. The summed E-state index contributed by atoms with van der Waals surface area (Å²) in [5.74, 6) is 0.205. The molecule has 2 amide bonds. The zero-order valence-corrected chi connectivity index (χ0v) is 15.0. The van der Waals surface area contributed by atoms with E-state index in [-0.39, 0.29) is 18.0 Å². The molecule has 0 aliphatic carbocycles. The highest BCUT2D eigenvalue weighted by Gasteiger charge is 2.44. The lowest BCUT2D eigenvalue weighted by molar-refractivity contribution is -0.915. The third kappa shape index (κ3) is 2.61. The Balaban J connectivity index is 1.97. The molecule has 0 aromatic heterocycles. The third-order valence-corrected chi connectivity index (χ3v) is 5.93. The van der Waals surface area contributed by atoms with Crippen molar-refractivity contribution in [2.75, 3.05) is 37.6 Å². The number of anilines is 1. The number of para-hydroxylation sites is 1. The van der Waals surface area contributed by atoms with Gasteiger partial charge in [0.1, 0.15) is 6.17 Å². The first-order chi connectivity index (χ1) is 11.6. The van der Waals surface area contributed by atoms with Gasteiger partial charge in [0.15, 0.2) is 6.54 Å². The summed E-state index contributed by atoms with van der Waals surface area (Å²) in [7, 11) is 0. The molecule has 1 aromatic rings. The summed E-state index contributed by atoms with van der Waals surface area (Å²) in [5, 5.41) is 0. The number of hydrogen-bond donors (Lipinski definition) is 0. The zero-order valence-electron chi connectivity index (χ0n) is 15.0. The Morgan fingerprint density at radius 1 is 1.17 bits per heavy atom. The van der Waals surface area contributed by atoms with Crippen LogP contribution < -0.4 is 4.90 Å². The van der Waals surface area contributed by atoms with Crippen molar-refractivity contribution in [2.24, 2.45) is 0 Å². The van der Waals surface area contributed by atoms with Crippen molar-refractivity contribution in [2.45, 2.75) is 39.8 Å². The lowest BCUT2D eigenvalue weighted by atomic mass is 10.1. The van der Waals surface area contributed by atoms with Crippen LogP contribution in [0.5, 0.6) is 0 Å². The van der Waals surface area contributed by atoms with Gasteiger partial charge in [0.05, 0.1) is 30.9 Å². The number of amides is 2. The number of rotatable bonds is 5. The maximum Gasteiger partial charge on any atom is 0.283 e. The molecule has 0 N–H and O–H groups in total. The fraction of sp³-hybridized carbons (Fsp3) is 0.579. The van der Waals surface area contributed by atoms with E-state index in [1.807, 2.05) is 34.1 Å². The van der Waals surface area contributed by atoms with Crippen molar-refractivity contribution in [3.63, 3.8) is 0 Å². The first-order valence-corrected chi connectivity index (χ1v) is 9.14. The van der Waals surface area contributed by atoms with E-state index in [0.29, 0.717) is 12.1 Å². The molecule has 24 heavy (non-hydrogen) atoms. The van der Waals surface area contributed by atoms with Gasteiger partial charge in [0, 0.05) is 6.54 Å². The van der Waals surface area contributed by atoms with Crippen LogP contribution >= 0.6 is 0 Å². The minimum atomic E-state index is -0.104. The summed E-state index contributed by atoms with van der Waals surface area (Å²) >= 11 is 0. The van der Waals surface area contributed by atoms with Crippen LogP contribution in [0.25, 0.3) is 0 Å². The molecule has 0 spiro atoms. The van der Waals surface area contributed by atoms with E-state index >= 15 is 0 Å². The van der Waals surface area contributed by atoms with Gasteiger partial charge in [0.25, 0.3) is 11.8 Å². The molecule has 2 heterocycles. The smallest absolute Gasteiger partial charge is 0.283 e. The third-order valence-electron chi connectivity index (χ3n) is 5.93. The Labute approximate surface area is 144 Å². The van der Waals surface area contributed by atoms with Crippen LogP contribution in [0.1, 0.15) is 44.0 Å². The topological polar surface area (TPSA) is 40.6 Å². The summed E-state index contributed by atoms with van der Waals surface area (Å²) in [6.07, 6.45) is 1.73. The zero-order chi connectivity index (χ0) is 17.3. The van der Waals surface area contributed by atoms with Crippen molar-refractivity contribution >= 4 is 17.5 Å². The van der Waals surface area contributed by atoms with Crippen LogP contribution in [-0.4, -0.2) is 60.1 Å². The first kappa shape index (κ1) is 17.0. The summed E-state index contributed by atoms with van der Waals surface area (Å²) in [6, 6.07) is 7.55. The summed E-state index contributed by atoms with van der Waals surface area (Å²) < 4.78 is 0.790. The molecule has 1 aromatic carbocycles. The second-order valence-corrected chi connectivity index (χ2v) is 6.85. The second-order valence-electron chi connectivity index (χ2n) is 6.85. The summed E-state index contributed by atoms with van der Waals surface area (Å²) in [6.45, 7) is 10.5. The van der Waals surface area contributed by atoms with Crippen LogP contribution in [-0.2, 0) is 4.79 Å². The highest BCUT2D eigenvalue weighted by Crippen LogP contribution is 2.36. The Bertz CT molecular complexity index is 631. The predicted octanol–water partition coefficient (Wildman–Crippen LogP) is 2.47. The van der Waals surface area contributed by atoms with Crippen molar-refractivity contribution < 1.29 is 14.1 Å². The highest BCUT2D eigenvalue weighted by atomic mass is 16.2. The number of likely N-dealkylation sites (N-methyl/N-ethyl adjacent to an activating group) is 1. The number of carbonyl (C=O) groups excluding carboxylic acids is 2. The molecule has 1 atom stereocenters. The van der Waals surface area contributed by atoms with Gasteiger partial charge in [-0.15, -0.1) is 0 Å². The fourth-order valence-electron chi connectivity index (χ4n) is 4.10. The minimum absolute atomic E-state index is 0.0689. The average molecular weight is 330 g/mol. The van der Waals surface area contributed by atoms with E-state index in [2.05, 4.69) is 20.8 Å². The van der Waals surface area contributed by atoms with E-state index in [4.69, 9.17) is 0 Å². The Hall–Kier alpha value is -1.88. The van der Waals surface area contributed by atoms with Gasteiger partial charge in [-0.3, -0.25) is 14.5 Å². The lowest BCUT2D eigenvalue weighted by Gasteiger charge is -2.43. The average Bonchev–Trinajstić information content (AvgIpc) is 3.10. The highest BCUT2D eigenvalue weighted by molar-refractivity contribution is 6.08. The van der Waals surface area contributed by atoms with E-state index in [1.54, 1.807) is 0 Å². The number of nitrogens with zero attached hydrogens (tertiary/aromatic N) is 3. The molecule has 0 saturated carbocycles. The molecular weight excluding hydrogens is 302 g/mol. The molecule has 1 saturated heterocycles. The summed E-state index contributed by atoms with van der Waals surface area (Å²) in [4.78, 5) is 29.8. The largest absolute Gasteiger partial charge is 0.318 e. The van der Waals surface area contributed by atoms with E-state index < -0.39 is 0 Å². The van der Waals surface area contributed by atoms with Crippen LogP contribution in [0.4, 0.5) is 5.69 Å². The maximum absolute atomic E-state index is 13.3. The summed E-state index contributed by atoms with van der Waals surface area (Å²) in [5.41, 5.74) is 1.45. The van der Waals surface area contributed by atoms with Crippen LogP contribution in [0.15, 0.2) is 24.3 Å². The monoisotopic (exact) mass is 330 g/mol. The standard InChI is InChI=1S/C19H28N3O2/c1-4-22(5-2,6-3)14-18(23)21-16-11-8-7-10-15(16)19(24)20-13-9-12-17(20)21/h7-8,10-11,17H,4-6,9,12-14H2,1-3H3/q+1. The lowest BCUT2D eigenvalue weighted by Crippen LogP contribution is -2.60. The first-order valence-electron chi connectivity index (χ1n) is 9.14. The quantitative estimate of drug-likeness (QED) is 0.778. The fourth-order valence-corrected chi connectivity index (χ4v) is 4.10. The van der Waals surface area contributed by atoms with Crippen molar-refractivity contribution in [1.82, 2.24) is 4.90 Å². The van der Waals surface area contributed by atoms with Gasteiger partial charge in [-0.05, 0) is 45.7 Å². The molecule has 5 heteroatoms. The second kappa shape index (κ2) is 6.55.